The molecule has 2 unspecified atom stereocenters. The largest absolute Gasteiger partial charge is 0.507 e. The van der Waals surface area contributed by atoms with Crippen LogP contribution in [0.3, 0.4) is 0 Å². The molecule has 1 aromatic rings. The van der Waals surface area contributed by atoms with Crippen LogP contribution in [-0.2, 0) is 0 Å². The molecular formula is C15H22N2O2. The average Bonchev–Trinajstić information content (AvgIpc) is 2.41. The Morgan fingerprint density at radius 1 is 1.53 bits per heavy atom. The molecule has 0 saturated carbocycles. The molecule has 2 atom stereocenters. The minimum atomic E-state index is -0.0912. The number of carbonyl (C=O) groups excluding carboxylic acids is 1. The smallest absolute Gasteiger partial charge is 0.257 e. The van der Waals surface area contributed by atoms with Gasteiger partial charge in [0.05, 0.1) is 5.56 Å². The van der Waals surface area contributed by atoms with Crippen LogP contribution in [0, 0.1) is 12.8 Å². The van der Waals surface area contributed by atoms with Gasteiger partial charge in [-0.25, -0.2) is 0 Å². The highest BCUT2D eigenvalue weighted by Gasteiger charge is 2.29. The first-order chi connectivity index (χ1) is 9.04. The average molecular weight is 262 g/mol. The monoisotopic (exact) mass is 262 g/mol. The first kappa shape index (κ1) is 13.9. The van der Waals surface area contributed by atoms with Gasteiger partial charge in [-0.05, 0) is 30.9 Å². The maximum Gasteiger partial charge on any atom is 0.257 e. The number of likely N-dealkylation sites (tertiary alicyclic amines) is 1. The maximum absolute atomic E-state index is 12.5. The van der Waals surface area contributed by atoms with E-state index in [9.17, 15) is 9.90 Å². The van der Waals surface area contributed by atoms with Crippen LogP contribution in [0.2, 0.25) is 0 Å². The number of phenols is 1. The molecule has 0 spiro atoms. The van der Waals surface area contributed by atoms with E-state index in [1.54, 1.807) is 25.1 Å². The molecule has 0 radical (unpaired) electrons. The van der Waals surface area contributed by atoms with Gasteiger partial charge in [0, 0.05) is 19.1 Å². The van der Waals surface area contributed by atoms with Gasteiger partial charge in [0.2, 0.25) is 0 Å². The van der Waals surface area contributed by atoms with E-state index in [-0.39, 0.29) is 17.7 Å². The van der Waals surface area contributed by atoms with E-state index in [0.29, 0.717) is 24.6 Å². The van der Waals surface area contributed by atoms with Crippen LogP contribution in [0.25, 0.3) is 0 Å². The maximum atomic E-state index is 12.5. The number of rotatable bonds is 2. The molecular weight excluding hydrogens is 240 g/mol. The topological polar surface area (TPSA) is 66.6 Å². The van der Waals surface area contributed by atoms with Crippen molar-refractivity contribution in [2.24, 2.45) is 11.7 Å². The zero-order valence-corrected chi connectivity index (χ0v) is 11.6. The number of amides is 1. The lowest BCUT2D eigenvalue weighted by Gasteiger charge is -2.36. The Labute approximate surface area is 114 Å². The summed E-state index contributed by atoms with van der Waals surface area (Å²) in [5.41, 5.74) is 7.18. The van der Waals surface area contributed by atoms with Gasteiger partial charge in [-0.2, -0.15) is 0 Å². The first-order valence-corrected chi connectivity index (χ1v) is 6.88. The molecule has 1 amide bonds. The van der Waals surface area contributed by atoms with Crippen molar-refractivity contribution in [3.63, 3.8) is 0 Å². The number of nitrogens with two attached hydrogens (primary N) is 1. The van der Waals surface area contributed by atoms with Gasteiger partial charge in [-0.3, -0.25) is 4.79 Å². The van der Waals surface area contributed by atoms with Crippen LogP contribution in [0.15, 0.2) is 18.2 Å². The summed E-state index contributed by atoms with van der Waals surface area (Å²) in [6.45, 7) is 5.25. The minimum Gasteiger partial charge on any atom is -0.507 e. The van der Waals surface area contributed by atoms with E-state index in [4.69, 9.17) is 5.73 Å². The number of hydrogen-bond acceptors (Lipinski definition) is 3. The van der Waals surface area contributed by atoms with Crippen molar-refractivity contribution in [2.45, 2.75) is 32.7 Å². The number of benzene rings is 1. The quantitative estimate of drug-likeness (QED) is 0.855. The molecule has 104 valence electrons. The fraction of sp³-hybridized carbons (Fsp3) is 0.533. The number of phenolic OH excluding ortho intramolecular Hbond substituents is 1. The van der Waals surface area contributed by atoms with Crippen LogP contribution in [0.1, 0.15) is 35.7 Å². The lowest BCUT2D eigenvalue weighted by molar-refractivity contribution is 0.0646. The SMILES string of the molecule is CCC1CN(C(=O)c2cccc(C)c2O)CCC1N. The van der Waals surface area contributed by atoms with Gasteiger partial charge in [-0.15, -0.1) is 0 Å². The third-order valence-corrected chi connectivity index (χ3v) is 4.07. The molecule has 0 aromatic heterocycles. The van der Waals surface area contributed by atoms with Crippen LogP contribution in [0.5, 0.6) is 5.75 Å². The van der Waals surface area contributed by atoms with Gasteiger partial charge in [-0.1, -0.05) is 25.5 Å². The molecule has 1 fully saturated rings. The summed E-state index contributed by atoms with van der Waals surface area (Å²) in [6, 6.07) is 5.46. The fourth-order valence-electron chi connectivity index (χ4n) is 2.67. The number of aromatic hydroxyl groups is 1. The second-order valence-corrected chi connectivity index (χ2v) is 5.34. The molecule has 19 heavy (non-hydrogen) atoms. The number of para-hydroxylation sites is 1. The van der Waals surface area contributed by atoms with Crippen LogP contribution in [-0.4, -0.2) is 35.0 Å². The Morgan fingerprint density at radius 3 is 2.95 bits per heavy atom. The molecule has 3 N–H and O–H groups in total. The molecule has 4 nitrogen and oxygen atoms in total. The lowest BCUT2D eigenvalue weighted by Crippen LogP contribution is -2.49. The van der Waals surface area contributed by atoms with Gasteiger partial charge in [0.15, 0.2) is 0 Å². The van der Waals surface area contributed by atoms with E-state index < -0.39 is 0 Å². The van der Waals surface area contributed by atoms with Gasteiger partial charge < -0.3 is 15.7 Å². The Hall–Kier alpha value is -1.55. The summed E-state index contributed by atoms with van der Waals surface area (Å²) in [5.74, 6) is 0.353. The van der Waals surface area contributed by atoms with Crippen molar-refractivity contribution >= 4 is 5.91 Å². The standard InChI is InChI=1S/C15H22N2O2/c1-3-11-9-17(8-7-13(11)16)15(19)12-6-4-5-10(2)14(12)18/h4-6,11,13,18H,3,7-9,16H2,1-2H3. The Balaban J connectivity index is 2.18. The van der Waals surface area contributed by atoms with Gasteiger partial charge >= 0.3 is 0 Å². The van der Waals surface area contributed by atoms with E-state index in [1.807, 2.05) is 4.90 Å². The summed E-state index contributed by atoms with van der Waals surface area (Å²) in [5, 5.41) is 10.0. The molecule has 0 aliphatic carbocycles. The highest BCUT2D eigenvalue weighted by molar-refractivity contribution is 5.97. The minimum absolute atomic E-state index is 0.0912. The normalized spacial score (nSPS) is 23.4. The van der Waals surface area contributed by atoms with E-state index >= 15 is 0 Å². The number of hydrogen-bond donors (Lipinski definition) is 2. The van der Waals surface area contributed by atoms with Crippen molar-refractivity contribution in [3.05, 3.63) is 29.3 Å². The summed E-state index contributed by atoms with van der Waals surface area (Å²) in [4.78, 5) is 14.3. The van der Waals surface area contributed by atoms with E-state index in [1.165, 1.54) is 0 Å². The Bertz CT molecular complexity index is 473. The van der Waals surface area contributed by atoms with E-state index in [2.05, 4.69) is 6.92 Å². The number of piperidine rings is 1. The molecule has 1 aliphatic rings. The van der Waals surface area contributed by atoms with Crippen LogP contribution >= 0.6 is 0 Å². The van der Waals surface area contributed by atoms with Crippen molar-refractivity contribution in [1.82, 2.24) is 4.90 Å². The summed E-state index contributed by atoms with van der Waals surface area (Å²) in [7, 11) is 0. The van der Waals surface area contributed by atoms with E-state index in [0.717, 1.165) is 18.4 Å². The molecule has 1 heterocycles. The number of aryl methyl sites for hydroxylation is 1. The summed E-state index contributed by atoms with van der Waals surface area (Å²) in [6.07, 6.45) is 1.81. The summed E-state index contributed by atoms with van der Waals surface area (Å²) < 4.78 is 0. The number of carbonyl (C=O) groups is 1. The Morgan fingerprint density at radius 2 is 2.26 bits per heavy atom. The molecule has 4 heteroatoms. The lowest BCUT2D eigenvalue weighted by atomic mass is 9.90. The molecule has 2 rings (SSSR count). The predicted molar refractivity (Wildman–Crippen MR) is 75.1 cm³/mol. The second kappa shape index (κ2) is 5.61. The first-order valence-electron chi connectivity index (χ1n) is 6.88. The zero-order chi connectivity index (χ0) is 14.0. The van der Waals surface area contributed by atoms with Crippen molar-refractivity contribution in [1.29, 1.82) is 0 Å². The number of nitrogens with zero attached hydrogens (tertiary/aromatic N) is 1. The fourth-order valence-corrected chi connectivity index (χ4v) is 2.67. The van der Waals surface area contributed by atoms with Gasteiger partial charge in [0.1, 0.15) is 5.75 Å². The molecule has 1 saturated heterocycles. The molecule has 1 aliphatic heterocycles. The van der Waals surface area contributed by atoms with Crippen LogP contribution < -0.4 is 5.73 Å². The van der Waals surface area contributed by atoms with Gasteiger partial charge in [0.25, 0.3) is 5.91 Å². The van der Waals surface area contributed by atoms with Crippen molar-refractivity contribution in [2.75, 3.05) is 13.1 Å². The van der Waals surface area contributed by atoms with Crippen molar-refractivity contribution in [3.8, 4) is 5.75 Å². The second-order valence-electron chi connectivity index (χ2n) is 5.34. The summed E-state index contributed by atoms with van der Waals surface area (Å²) >= 11 is 0. The van der Waals surface area contributed by atoms with Crippen LogP contribution in [0.4, 0.5) is 0 Å². The molecule has 1 aromatic carbocycles. The molecule has 0 bridgehead atoms. The Kier molecular flexibility index (Phi) is 4.10. The van der Waals surface area contributed by atoms with Crippen molar-refractivity contribution < 1.29 is 9.90 Å². The third-order valence-electron chi connectivity index (χ3n) is 4.07. The highest BCUT2D eigenvalue weighted by atomic mass is 16.3. The predicted octanol–water partition coefficient (Wildman–Crippen LogP) is 1.90. The zero-order valence-electron chi connectivity index (χ0n) is 11.6. The highest BCUT2D eigenvalue weighted by Crippen LogP contribution is 2.26. The third kappa shape index (κ3) is 2.73.